The van der Waals surface area contributed by atoms with Crippen molar-refractivity contribution in [1.82, 2.24) is 4.90 Å². The lowest BCUT2D eigenvalue weighted by Crippen LogP contribution is -2.39. The molecule has 0 N–H and O–H groups in total. The van der Waals surface area contributed by atoms with Gasteiger partial charge in [-0.25, -0.2) is 0 Å². The summed E-state index contributed by atoms with van der Waals surface area (Å²) in [6, 6.07) is 14.1. The average Bonchev–Trinajstić information content (AvgIpc) is 2.67. The minimum atomic E-state index is -2.92. The summed E-state index contributed by atoms with van der Waals surface area (Å²) in [6.07, 6.45) is 1.68. The lowest BCUT2D eigenvalue weighted by molar-refractivity contribution is -0.119. The van der Waals surface area contributed by atoms with Crippen LogP contribution in [0.2, 0.25) is 0 Å². The average molecular weight is 390 g/mol. The number of ether oxygens (including phenoxy) is 2. The number of carbonyl (C=O) groups excluding carboxylic acids is 1. The Labute approximate surface area is 163 Å². The van der Waals surface area contributed by atoms with E-state index >= 15 is 0 Å². The summed E-state index contributed by atoms with van der Waals surface area (Å²) in [6.45, 7) is 1.82. The highest BCUT2D eigenvalue weighted by atomic mass is 19.3. The van der Waals surface area contributed by atoms with Crippen LogP contribution >= 0.6 is 0 Å². The van der Waals surface area contributed by atoms with E-state index in [0.29, 0.717) is 13.1 Å². The van der Waals surface area contributed by atoms with Crippen molar-refractivity contribution in [2.75, 3.05) is 32.1 Å². The second-order valence-electron chi connectivity index (χ2n) is 6.16. The Hall–Kier alpha value is -2.93. The summed E-state index contributed by atoms with van der Waals surface area (Å²) in [7, 11) is 3.20. The van der Waals surface area contributed by atoms with E-state index in [2.05, 4.69) is 11.3 Å². The lowest BCUT2D eigenvalue weighted by atomic mass is 10.2. The van der Waals surface area contributed by atoms with Gasteiger partial charge in [-0.3, -0.25) is 9.69 Å². The standard InChI is InChI=1S/C21H24F2N2O3/c1-4-12-25(17-8-6-5-7-9-17)20(26)15-24(2)14-16-10-11-18(28-21(22)23)19(13-16)27-3/h4-11,13,21H,1,12,14-15H2,2-3H3. The van der Waals surface area contributed by atoms with Crippen molar-refractivity contribution in [2.45, 2.75) is 13.2 Å². The molecular weight excluding hydrogens is 366 g/mol. The summed E-state index contributed by atoms with van der Waals surface area (Å²) >= 11 is 0. The van der Waals surface area contributed by atoms with Crippen LogP contribution in [0.5, 0.6) is 11.5 Å². The van der Waals surface area contributed by atoms with Crippen LogP contribution in [-0.2, 0) is 11.3 Å². The molecule has 5 nitrogen and oxygen atoms in total. The quantitative estimate of drug-likeness (QED) is 0.576. The van der Waals surface area contributed by atoms with Gasteiger partial charge in [0, 0.05) is 18.8 Å². The molecule has 2 rings (SSSR count). The zero-order valence-electron chi connectivity index (χ0n) is 16.0. The Balaban J connectivity index is 2.05. The number of carbonyl (C=O) groups is 1. The molecule has 7 heteroatoms. The van der Waals surface area contributed by atoms with E-state index in [-0.39, 0.29) is 24.0 Å². The third-order valence-electron chi connectivity index (χ3n) is 3.98. The second kappa shape index (κ2) is 10.4. The summed E-state index contributed by atoms with van der Waals surface area (Å²) in [5.74, 6) is 0.120. The topological polar surface area (TPSA) is 42.0 Å². The molecule has 150 valence electrons. The van der Waals surface area contributed by atoms with E-state index in [4.69, 9.17) is 4.74 Å². The van der Waals surface area contributed by atoms with Crippen LogP contribution in [0.1, 0.15) is 5.56 Å². The molecule has 1 amide bonds. The molecule has 0 spiro atoms. The molecule has 0 bridgehead atoms. The smallest absolute Gasteiger partial charge is 0.387 e. The molecule has 0 unspecified atom stereocenters. The van der Waals surface area contributed by atoms with E-state index in [9.17, 15) is 13.6 Å². The molecular formula is C21H24F2N2O3. The van der Waals surface area contributed by atoms with E-state index in [1.54, 1.807) is 23.1 Å². The van der Waals surface area contributed by atoms with E-state index in [1.165, 1.54) is 13.2 Å². The van der Waals surface area contributed by atoms with Crippen LogP contribution in [0.4, 0.5) is 14.5 Å². The fraction of sp³-hybridized carbons (Fsp3) is 0.286. The molecule has 28 heavy (non-hydrogen) atoms. The van der Waals surface area contributed by atoms with Gasteiger partial charge in [-0.2, -0.15) is 8.78 Å². The van der Waals surface area contributed by atoms with Crippen molar-refractivity contribution < 1.29 is 23.0 Å². The Morgan fingerprint density at radius 3 is 2.50 bits per heavy atom. The number of anilines is 1. The number of halogens is 2. The van der Waals surface area contributed by atoms with Crippen molar-refractivity contribution in [3.05, 3.63) is 66.7 Å². The van der Waals surface area contributed by atoms with Crippen LogP contribution in [0.25, 0.3) is 0 Å². The molecule has 2 aromatic rings. The van der Waals surface area contributed by atoms with Gasteiger partial charge in [0.05, 0.1) is 13.7 Å². The van der Waals surface area contributed by atoms with Gasteiger partial charge in [0.15, 0.2) is 11.5 Å². The van der Waals surface area contributed by atoms with Crippen molar-refractivity contribution in [3.8, 4) is 11.5 Å². The molecule has 0 aliphatic rings. The third kappa shape index (κ3) is 6.06. The highest BCUT2D eigenvalue weighted by Crippen LogP contribution is 2.29. The monoisotopic (exact) mass is 390 g/mol. The van der Waals surface area contributed by atoms with Crippen LogP contribution in [-0.4, -0.2) is 44.7 Å². The Morgan fingerprint density at radius 2 is 1.89 bits per heavy atom. The molecule has 0 saturated carbocycles. The second-order valence-corrected chi connectivity index (χ2v) is 6.16. The first-order valence-electron chi connectivity index (χ1n) is 8.71. The lowest BCUT2D eigenvalue weighted by Gasteiger charge is -2.25. The molecule has 0 saturated heterocycles. The number of methoxy groups -OCH3 is 1. The van der Waals surface area contributed by atoms with Gasteiger partial charge >= 0.3 is 6.61 Å². The zero-order valence-corrected chi connectivity index (χ0v) is 16.0. The molecule has 2 aromatic carbocycles. The van der Waals surface area contributed by atoms with Gasteiger partial charge in [-0.1, -0.05) is 30.3 Å². The zero-order chi connectivity index (χ0) is 20.5. The summed E-state index contributed by atoms with van der Waals surface area (Å²) in [5, 5.41) is 0. The molecule has 0 aliphatic heterocycles. The van der Waals surface area contributed by atoms with Gasteiger partial charge < -0.3 is 14.4 Å². The number of hydrogen-bond donors (Lipinski definition) is 0. The Bertz CT molecular complexity index is 784. The minimum Gasteiger partial charge on any atom is -0.493 e. The van der Waals surface area contributed by atoms with E-state index in [0.717, 1.165) is 11.3 Å². The highest BCUT2D eigenvalue weighted by Gasteiger charge is 2.17. The van der Waals surface area contributed by atoms with Gasteiger partial charge in [0.25, 0.3) is 0 Å². The number of nitrogens with zero attached hydrogens (tertiary/aromatic N) is 2. The van der Waals surface area contributed by atoms with E-state index in [1.807, 2.05) is 42.3 Å². The summed E-state index contributed by atoms with van der Waals surface area (Å²) in [4.78, 5) is 16.2. The minimum absolute atomic E-state index is 0.0267. The van der Waals surface area contributed by atoms with Crippen LogP contribution in [0.15, 0.2) is 61.2 Å². The maximum absolute atomic E-state index is 12.7. The largest absolute Gasteiger partial charge is 0.493 e. The summed E-state index contributed by atoms with van der Waals surface area (Å²) in [5.41, 5.74) is 1.61. The first-order chi connectivity index (χ1) is 13.4. The van der Waals surface area contributed by atoms with Crippen LogP contribution in [0.3, 0.4) is 0 Å². The Kier molecular flexibility index (Phi) is 7.95. The molecule has 0 aromatic heterocycles. The van der Waals surface area contributed by atoms with Gasteiger partial charge in [0.2, 0.25) is 5.91 Å². The number of hydrogen-bond acceptors (Lipinski definition) is 4. The molecule has 0 atom stereocenters. The fourth-order valence-corrected chi connectivity index (χ4v) is 2.78. The predicted molar refractivity (Wildman–Crippen MR) is 105 cm³/mol. The third-order valence-corrected chi connectivity index (χ3v) is 3.98. The van der Waals surface area contributed by atoms with Gasteiger partial charge in [-0.15, -0.1) is 6.58 Å². The Morgan fingerprint density at radius 1 is 1.18 bits per heavy atom. The van der Waals surface area contributed by atoms with Crippen LogP contribution in [0, 0.1) is 0 Å². The van der Waals surface area contributed by atoms with Crippen molar-refractivity contribution in [3.63, 3.8) is 0 Å². The molecule has 0 radical (unpaired) electrons. The number of rotatable bonds is 10. The molecule has 0 heterocycles. The summed E-state index contributed by atoms with van der Waals surface area (Å²) < 4.78 is 34.4. The number of alkyl halides is 2. The SMILES string of the molecule is C=CCN(C(=O)CN(C)Cc1ccc(OC(F)F)c(OC)c1)c1ccccc1. The molecule has 0 aliphatic carbocycles. The van der Waals surface area contributed by atoms with Crippen LogP contribution < -0.4 is 14.4 Å². The first kappa shape index (κ1) is 21.4. The van der Waals surface area contributed by atoms with Crippen molar-refractivity contribution in [2.24, 2.45) is 0 Å². The number of amides is 1. The predicted octanol–water partition coefficient (Wildman–Crippen LogP) is 3.95. The maximum Gasteiger partial charge on any atom is 0.387 e. The van der Waals surface area contributed by atoms with Crippen molar-refractivity contribution in [1.29, 1.82) is 0 Å². The number of likely N-dealkylation sites (N-methyl/N-ethyl adjacent to an activating group) is 1. The van der Waals surface area contributed by atoms with E-state index < -0.39 is 6.61 Å². The van der Waals surface area contributed by atoms with Gasteiger partial charge in [0.1, 0.15) is 0 Å². The number of benzene rings is 2. The van der Waals surface area contributed by atoms with Crippen molar-refractivity contribution >= 4 is 11.6 Å². The van der Waals surface area contributed by atoms with Gasteiger partial charge in [-0.05, 0) is 36.9 Å². The number of para-hydroxylation sites is 1. The normalized spacial score (nSPS) is 10.8. The first-order valence-corrected chi connectivity index (χ1v) is 8.71. The maximum atomic E-state index is 12.7. The fourth-order valence-electron chi connectivity index (χ4n) is 2.78. The molecule has 0 fully saturated rings. The highest BCUT2D eigenvalue weighted by molar-refractivity contribution is 5.95.